The van der Waals surface area contributed by atoms with Gasteiger partial charge in [0.05, 0.1) is 25.4 Å². The van der Waals surface area contributed by atoms with Crippen LogP contribution in [-0.4, -0.2) is 47.4 Å². The molecule has 0 aliphatic carbocycles. The summed E-state index contributed by atoms with van der Waals surface area (Å²) in [5.74, 6) is -0.0584. The number of hydrogen-bond acceptors (Lipinski definition) is 5. The van der Waals surface area contributed by atoms with Gasteiger partial charge in [0.15, 0.2) is 0 Å². The lowest BCUT2D eigenvalue weighted by Gasteiger charge is -2.20. The van der Waals surface area contributed by atoms with Crippen LogP contribution in [0.1, 0.15) is 412 Å². The maximum atomic E-state index is 12.5. The summed E-state index contributed by atoms with van der Waals surface area (Å²) in [5, 5.41) is 23.3. The van der Waals surface area contributed by atoms with Gasteiger partial charge < -0.3 is 20.3 Å². The summed E-state index contributed by atoms with van der Waals surface area (Å²) in [7, 11) is 0. The fourth-order valence-electron chi connectivity index (χ4n) is 11.8. The average Bonchev–Trinajstić information content (AvgIpc) is 3.51. The highest BCUT2D eigenvalue weighted by Gasteiger charge is 2.18. The molecule has 0 spiro atoms. The Balaban J connectivity index is 3.42. The van der Waals surface area contributed by atoms with Gasteiger partial charge in [-0.25, -0.2) is 0 Å². The summed E-state index contributed by atoms with van der Waals surface area (Å²) in [4.78, 5) is 24.6. The Labute approximate surface area is 525 Å². The molecule has 0 aliphatic rings. The average molecular weight is 1180 g/mol. The van der Waals surface area contributed by atoms with Crippen molar-refractivity contribution in [3.63, 3.8) is 0 Å². The molecule has 0 aliphatic heterocycles. The van der Waals surface area contributed by atoms with Gasteiger partial charge in [-0.05, 0) is 89.9 Å². The Morgan fingerprint density at radius 2 is 0.595 bits per heavy atom. The molecule has 0 rings (SSSR count). The molecule has 2 unspecified atom stereocenters. The van der Waals surface area contributed by atoms with Crippen LogP contribution in [-0.2, 0) is 14.3 Å². The van der Waals surface area contributed by atoms with E-state index in [2.05, 4.69) is 55.6 Å². The second kappa shape index (κ2) is 73.3. The molecule has 2 atom stereocenters. The van der Waals surface area contributed by atoms with Crippen molar-refractivity contribution in [1.82, 2.24) is 5.32 Å². The van der Waals surface area contributed by atoms with Gasteiger partial charge in [-0.1, -0.05) is 358 Å². The molecule has 6 nitrogen and oxygen atoms in total. The van der Waals surface area contributed by atoms with E-state index in [0.717, 1.165) is 51.4 Å². The standard InChI is InChI=1S/C78H147NO5/c1-3-5-7-9-11-13-15-17-19-20-21-33-36-39-43-46-50-54-58-62-66-70-76(81)75(74-80)79-77(82)71-67-63-59-55-51-47-44-40-37-34-31-29-27-25-23-22-24-26-28-30-32-35-38-41-45-49-53-57-61-65-69-73-84-78(83)72-68-64-60-56-52-48-42-18-16-14-12-10-8-6-4-2/h18,24,26,30,32,42,66,70,75-76,80-81H,3-17,19-23,25,27-29,31,33-41,43-65,67-69,71-74H2,1-2H3,(H,79,82)/b26-24-,32-30-,42-18-,70-66+. The van der Waals surface area contributed by atoms with Gasteiger partial charge in [0.1, 0.15) is 0 Å². The predicted molar refractivity (Wildman–Crippen MR) is 370 cm³/mol. The minimum atomic E-state index is -0.846. The molecule has 1 amide bonds. The van der Waals surface area contributed by atoms with Crippen LogP contribution in [0.2, 0.25) is 0 Å². The van der Waals surface area contributed by atoms with Gasteiger partial charge in [-0.2, -0.15) is 0 Å². The Bertz CT molecular complexity index is 1400. The van der Waals surface area contributed by atoms with E-state index in [1.807, 2.05) is 6.08 Å². The van der Waals surface area contributed by atoms with Crippen LogP contribution in [0.3, 0.4) is 0 Å². The van der Waals surface area contributed by atoms with E-state index in [9.17, 15) is 19.8 Å². The zero-order chi connectivity index (χ0) is 60.6. The van der Waals surface area contributed by atoms with Gasteiger partial charge >= 0.3 is 5.97 Å². The van der Waals surface area contributed by atoms with Gasteiger partial charge in [-0.15, -0.1) is 0 Å². The van der Waals surface area contributed by atoms with E-state index in [4.69, 9.17) is 4.74 Å². The number of amides is 1. The molecule has 6 heteroatoms. The number of carbonyl (C=O) groups excluding carboxylic acids is 2. The predicted octanol–water partition coefficient (Wildman–Crippen LogP) is 24.8. The van der Waals surface area contributed by atoms with Crippen LogP contribution in [0.4, 0.5) is 0 Å². The van der Waals surface area contributed by atoms with E-state index in [0.29, 0.717) is 19.4 Å². The summed E-state index contributed by atoms with van der Waals surface area (Å²) in [6.07, 6.45) is 96.4. The number of aliphatic hydroxyl groups excluding tert-OH is 2. The summed E-state index contributed by atoms with van der Waals surface area (Å²) in [5.41, 5.74) is 0. The molecular formula is C78H147NO5. The van der Waals surface area contributed by atoms with Crippen molar-refractivity contribution in [2.75, 3.05) is 13.2 Å². The number of rotatable bonds is 71. The minimum absolute atomic E-state index is 0.00530. The third-order valence-electron chi connectivity index (χ3n) is 17.6. The maximum absolute atomic E-state index is 12.5. The van der Waals surface area contributed by atoms with E-state index in [1.54, 1.807) is 6.08 Å². The topological polar surface area (TPSA) is 95.9 Å². The van der Waals surface area contributed by atoms with Crippen molar-refractivity contribution >= 4 is 11.9 Å². The Kier molecular flexibility index (Phi) is 71.4. The normalized spacial score (nSPS) is 12.8. The van der Waals surface area contributed by atoms with Gasteiger partial charge in [0, 0.05) is 12.8 Å². The first kappa shape index (κ1) is 81.8. The molecule has 0 saturated carbocycles. The highest BCUT2D eigenvalue weighted by atomic mass is 16.5. The molecule has 0 heterocycles. The Hall–Kier alpha value is -2.18. The van der Waals surface area contributed by atoms with Gasteiger partial charge in [-0.3, -0.25) is 9.59 Å². The van der Waals surface area contributed by atoms with E-state index in [1.165, 1.54) is 334 Å². The summed E-state index contributed by atoms with van der Waals surface area (Å²) in [6.45, 7) is 4.93. The molecule has 0 radical (unpaired) electrons. The maximum Gasteiger partial charge on any atom is 0.305 e. The molecule has 0 aromatic rings. The van der Waals surface area contributed by atoms with E-state index < -0.39 is 12.1 Å². The molecular weight excluding hydrogens is 1030 g/mol. The van der Waals surface area contributed by atoms with Crippen molar-refractivity contribution in [3.05, 3.63) is 48.6 Å². The van der Waals surface area contributed by atoms with Crippen LogP contribution in [0, 0.1) is 0 Å². The molecule has 3 N–H and O–H groups in total. The molecule has 0 fully saturated rings. The minimum Gasteiger partial charge on any atom is -0.466 e. The van der Waals surface area contributed by atoms with Crippen molar-refractivity contribution in [3.8, 4) is 0 Å². The van der Waals surface area contributed by atoms with E-state index in [-0.39, 0.29) is 18.5 Å². The summed E-state index contributed by atoms with van der Waals surface area (Å²) < 4.78 is 5.49. The number of esters is 1. The first-order valence-electron chi connectivity index (χ1n) is 37.9. The zero-order valence-electron chi connectivity index (χ0n) is 56.6. The van der Waals surface area contributed by atoms with Crippen molar-refractivity contribution in [2.45, 2.75) is 424 Å². The highest BCUT2D eigenvalue weighted by molar-refractivity contribution is 5.76. The lowest BCUT2D eigenvalue weighted by Crippen LogP contribution is -2.45. The number of ether oxygens (including phenoxy) is 1. The quantitative estimate of drug-likeness (QED) is 0.0320. The van der Waals surface area contributed by atoms with Crippen LogP contribution in [0.5, 0.6) is 0 Å². The Morgan fingerprint density at radius 1 is 0.333 bits per heavy atom. The van der Waals surface area contributed by atoms with Crippen LogP contribution >= 0.6 is 0 Å². The SMILES string of the molecule is CCCCCCCC/C=C\CCCCCCCC(=O)OCCCCCCCCCCC/C=C\C/C=C\CCCCCCCCCCCCCCCCCC(=O)NC(CO)C(O)/C=C/CCCCCCCCCCCCCCCCCCCCC. The number of aliphatic hydroxyl groups is 2. The van der Waals surface area contributed by atoms with Gasteiger partial charge in [0.2, 0.25) is 5.91 Å². The molecule has 494 valence electrons. The fraction of sp³-hybridized carbons (Fsp3) is 0.872. The largest absolute Gasteiger partial charge is 0.466 e. The number of nitrogens with one attached hydrogen (secondary N) is 1. The van der Waals surface area contributed by atoms with Crippen molar-refractivity contribution < 1.29 is 24.5 Å². The number of hydrogen-bond donors (Lipinski definition) is 3. The van der Waals surface area contributed by atoms with Gasteiger partial charge in [0.25, 0.3) is 0 Å². The number of carbonyl (C=O) groups is 2. The third-order valence-corrected chi connectivity index (χ3v) is 17.6. The molecule has 0 bridgehead atoms. The summed E-state index contributed by atoms with van der Waals surface area (Å²) >= 11 is 0. The second-order valence-corrected chi connectivity index (χ2v) is 26.0. The Morgan fingerprint density at radius 3 is 0.917 bits per heavy atom. The summed E-state index contributed by atoms with van der Waals surface area (Å²) in [6, 6.07) is -0.629. The monoisotopic (exact) mass is 1180 g/mol. The second-order valence-electron chi connectivity index (χ2n) is 26.0. The molecule has 0 saturated heterocycles. The van der Waals surface area contributed by atoms with Crippen molar-refractivity contribution in [1.29, 1.82) is 0 Å². The lowest BCUT2D eigenvalue weighted by molar-refractivity contribution is -0.143. The number of unbranched alkanes of at least 4 members (excludes halogenated alkanes) is 54. The first-order valence-corrected chi connectivity index (χ1v) is 37.9. The lowest BCUT2D eigenvalue weighted by atomic mass is 10.0. The first-order chi connectivity index (χ1) is 41.5. The molecule has 0 aromatic carbocycles. The molecule has 84 heavy (non-hydrogen) atoms. The zero-order valence-corrected chi connectivity index (χ0v) is 56.6. The van der Waals surface area contributed by atoms with Crippen molar-refractivity contribution in [2.24, 2.45) is 0 Å². The van der Waals surface area contributed by atoms with E-state index >= 15 is 0 Å². The van der Waals surface area contributed by atoms with Crippen LogP contribution in [0.25, 0.3) is 0 Å². The third kappa shape index (κ3) is 68.9. The highest BCUT2D eigenvalue weighted by Crippen LogP contribution is 2.19. The number of allylic oxidation sites excluding steroid dienone is 7. The van der Waals surface area contributed by atoms with Crippen LogP contribution in [0.15, 0.2) is 48.6 Å². The fourth-order valence-corrected chi connectivity index (χ4v) is 11.8. The molecule has 0 aromatic heterocycles. The smallest absolute Gasteiger partial charge is 0.305 e. The van der Waals surface area contributed by atoms with Crippen LogP contribution < -0.4 is 5.32 Å².